The van der Waals surface area contributed by atoms with E-state index in [9.17, 15) is 0 Å². The first-order valence-corrected chi connectivity index (χ1v) is 18.6. The fraction of sp³-hybridized carbons (Fsp3) is 0.0588. The van der Waals surface area contributed by atoms with Gasteiger partial charge in [-0.25, -0.2) is 0 Å². The number of hydrogen-bond donors (Lipinski definition) is 0. The molecule has 0 aliphatic heterocycles. The molecule has 0 nitrogen and oxygen atoms in total. The Hall–Kier alpha value is -6.02. The summed E-state index contributed by atoms with van der Waals surface area (Å²) < 4.78 is 43.0. The zero-order chi connectivity index (χ0) is 38.9. The molecule has 0 fully saturated rings. The smallest absolute Gasteiger partial charge is 0.0734 e. The van der Waals surface area contributed by atoms with Crippen LogP contribution in [0.2, 0.25) is 0 Å². The Morgan fingerprint density at radius 2 is 0.981 bits per heavy atom. The Morgan fingerprint density at radius 3 is 1.65 bits per heavy atom. The van der Waals surface area contributed by atoms with Crippen LogP contribution in [0.15, 0.2) is 170 Å². The lowest BCUT2D eigenvalue weighted by Gasteiger charge is -2.30. The quantitative estimate of drug-likeness (QED) is 0.163. The van der Waals surface area contributed by atoms with Gasteiger partial charge in [0.25, 0.3) is 0 Å². The van der Waals surface area contributed by atoms with E-state index in [2.05, 4.69) is 153 Å². The van der Waals surface area contributed by atoms with E-state index in [1.807, 2.05) is 0 Å². The molecule has 1 atom stereocenters. The molecule has 1 aromatic heterocycles. The van der Waals surface area contributed by atoms with Crippen molar-refractivity contribution in [1.29, 1.82) is 0 Å². The van der Waals surface area contributed by atoms with E-state index in [0.717, 1.165) is 16.0 Å². The van der Waals surface area contributed by atoms with Gasteiger partial charge in [0.2, 0.25) is 0 Å². The Bertz CT molecular complexity index is 3120. The molecule has 0 saturated heterocycles. The molecule has 0 radical (unpaired) electrons. The molecule has 1 heterocycles. The summed E-state index contributed by atoms with van der Waals surface area (Å²) in [7, 11) is 0. The summed E-state index contributed by atoms with van der Waals surface area (Å²) in [6.07, 6.45) is 0. The van der Waals surface area contributed by atoms with Gasteiger partial charge >= 0.3 is 0 Å². The maximum Gasteiger partial charge on any atom is 0.0734 e. The standard InChI is InChI=1S/C51H34S/c1-31-27-32(2)29-34(28-31)47-35-17-6-8-19-37(35)48(38-20-9-7-18-36(38)47)41-23-14-26-44-49(41)39-21-10-12-24-42(39)51(44)43-25-13-11-22-40(43)50-45(51)30-46(52-50)33-15-4-3-5-16-33/h3-30H,1-2H3/i3D,4D,5D,15D,16D. The van der Waals surface area contributed by atoms with Crippen molar-refractivity contribution in [3.8, 4) is 54.3 Å². The van der Waals surface area contributed by atoms with Crippen LogP contribution in [0.1, 0.15) is 40.2 Å². The highest BCUT2D eigenvalue weighted by Gasteiger charge is 2.53. The van der Waals surface area contributed by atoms with Crippen LogP contribution < -0.4 is 0 Å². The first-order chi connectivity index (χ1) is 27.7. The molecule has 0 bridgehead atoms. The minimum Gasteiger partial charge on any atom is -0.135 e. The van der Waals surface area contributed by atoms with E-state index < -0.39 is 5.41 Å². The molecule has 11 rings (SSSR count). The number of thiophene rings is 1. The van der Waals surface area contributed by atoms with Gasteiger partial charge in [0.05, 0.1) is 12.3 Å². The molecule has 2 aliphatic carbocycles. The predicted octanol–water partition coefficient (Wildman–Crippen LogP) is 14.0. The van der Waals surface area contributed by atoms with E-state index in [4.69, 9.17) is 6.85 Å². The number of fused-ring (bicyclic) bond motifs is 12. The van der Waals surface area contributed by atoms with E-state index >= 15 is 0 Å². The number of aryl methyl sites for hydroxylation is 2. The van der Waals surface area contributed by atoms with Crippen LogP contribution in [-0.2, 0) is 5.41 Å². The Labute approximate surface area is 315 Å². The zero-order valence-electron chi connectivity index (χ0n) is 33.7. The van der Waals surface area contributed by atoms with Crippen LogP contribution in [0.25, 0.3) is 75.8 Å². The molecule has 8 aromatic carbocycles. The van der Waals surface area contributed by atoms with Crippen LogP contribution in [0.4, 0.5) is 0 Å². The van der Waals surface area contributed by atoms with E-state index in [1.165, 1.54) is 94.1 Å². The van der Waals surface area contributed by atoms with Gasteiger partial charge in [-0.1, -0.05) is 175 Å². The molecule has 52 heavy (non-hydrogen) atoms. The maximum absolute atomic E-state index is 8.89. The zero-order valence-corrected chi connectivity index (χ0v) is 29.5. The van der Waals surface area contributed by atoms with Gasteiger partial charge < -0.3 is 0 Å². The monoisotopic (exact) mass is 683 g/mol. The Balaban J connectivity index is 1.25. The molecular weight excluding hydrogens is 645 g/mol. The summed E-state index contributed by atoms with van der Waals surface area (Å²) in [6.45, 7) is 4.34. The lowest BCUT2D eigenvalue weighted by molar-refractivity contribution is 0.796. The van der Waals surface area contributed by atoms with Crippen LogP contribution in [0.3, 0.4) is 0 Å². The first-order valence-electron chi connectivity index (χ1n) is 20.3. The topological polar surface area (TPSA) is 0 Å². The largest absolute Gasteiger partial charge is 0.135 e. The summed E-state index contributed by atoms with van der Waals surface area (Å²) in [5.41, 5.74) is 15.0. The van der Waals surface area contributed by atoms with Crippen LogP contribution >= 0.6 is 11.3 Å². The van der Waals surface area contributed by atoms with Crippen molar-refractivity contribution in [2.24, 2.45) is 0 Å². The second-order valence-corrected chi connectivity index (χ2v) is 15.2. The van der Waals surface area contributed by atoms with Crippen molar-refractivity contribution in [2.45, 2.75) is 19.3 Å². The van der Waals surface area contributed by atoms with Gasteiger partial charge in [-0.2, -0.15) is 0 Å². The van der Waals surface area contributed by atoms with Crippen molar-refractivity contribution in [2.75, 3.05) is 0 Å². The predicted molar refractivity (Wildman–Crippen MR) is 221 cm³/mol. The van der Waals surface area contributed by atoms with E-state index in [0.29, 0.717) is 4.88 Å². The van der Waals surface area contributed by atoms with Crippen LogP contribution in [0.5, 0.6) is 0 Å². The van der Waals surface area contributed by atoms with Crippen molar-refractivity contribution in [1.82, 2.24) is 0 Å². The van der Waals surface area contributed by atoms with Crippen LogP contribution in [-0.4, -0.2) is 0 Å². The third-order valence-corrected chi connectivity index (χ3v) is 12.4. The minimum absolute atomic E-state index is 0.180. The van der Waals surface area contributed by atoms with Gasteiger partial charge in [-0.15, -0.1) is 11.3 Å². The number of hydrogen-bond acceptors (Lipinski definition) is 1. The molecular formula is C51H34S. The summed E-state index contributed by atoms with van der Waals surface area (Å²) in [6, 6.07) is 49.4. The van der Waals surface area contributed by atoms with E-state index in [1.54, 1.807) is 0 Å². The molecule has 0 saturated carbocycles. The highest BCUT2D eigenvalue weighted by Crippen LogP contribution is 2.66. The molecule has 0 N–H and O–H groups in total. The van der Waals surface area contributed by atoms with E-state index in [-0.39, 0.29) is 35.8 Å². The first kappa shape index (κ1) is 25.0. The average molecular weight is 684 g/mol. The molecule has 1 heteroatoms. The number of benzene rings is 8. The van der Waals surface area contributed by atoms with Gasteiger partial charge in [0.1, 0.15) is 0 Å². The fourth-order valence-corrected chi connectivity index (χ4v) is 10.7. The second kappa shape index (κ2) is 11.0. The molecule has 2 aliphatic rings. The third kappa shape index (κ3) is 3.92. The number of rotatable bonds is 3. The molecule has 1 spiro atoms. The van der Waals surface area contributed by atoms with Crippen molar-refractivity contribution in [3.05, 3.63) is 203 Å². The summed E-state index contributed by atoms with van der Waals surface area (Å²) in [5, 5.41) is 4.82. The molecule has 0 amide bonds. The minimum atomic E-state index is -0.680. The highest BCUT2D eigenvalue weighted by molar-refractivity contribution is 7.19. The highest BCUT2D eigenvalue weighted by atomic mass is 32.1. The Morgan fingerprint density at radius 1 is 0.442 bits per heavy atom. The van der Waals surface area contributed by atoms with Crippen LogP contribution in [0, 0.1) is 13.8 Å². The van der Waals surface area contributed by atoms with Crippen molar-refractivity contribution < 1.29 is 6.85 Å². The lowest BCUT2D eigenvalue weighted by Crippen LogP contribution is -2.25. The summed E-state index contributed by atoms with van der Waals surface area (Å²) in [5.74, 6) is 0. The lowest BCUT2D eigenvalue weighted by atomic mass is 9.70. The van der Waals surface area contributed by atoms with Gasteiger partial charge in [0.15, 0.2) is 0 Å². The Kier molecular flexibility index (Phi) is 5.29. The van der Waals surface area contributed by atoms with Crippen molar-refractivity contribution in [3.63, 3.8) is 0 Å². The SMILES string of the molecule is [2H]c1c([2H])c([2H])c(-c2cc3c(s2)-c2ccccc2C32c3ccccc3-c3c(-c4c5ccccc5c(-c5cc(C)cc(C)c5)c5ccccc45)cccc32)c([2H])c1[2H]. The normalized spacial score (nSPS) is 16.5. The molecule has 9 aromatic rings. The van der Waals surface area contributed by atoms with Gasteiger partial charge in [0, 0.05) is 9.75 Å². The maximum atomic E-state index is 8.89. The van der Waals surface area contributed by atoms with Gasteiger partial charge in [-0.3, -0.25) is 0 Å². The van der Waals surface area contributed by atoms with Gasteiger partial charge in [-0.05, 0) is 108 Å². The second-order valence-electron chi connectivity index (χ2n) is 14.1. The summed E-state index contributed by atoms with van der Waals surface area (Å²) >= 11 is 1.52. The fourth-order valence-electron chi connectivity index (χ4n) is 9.48. The van der Waals surface area contributed by atoms with Crippen molar-refractivity contribution >= 4 is 32.9 Å². The third-order valence-electron chi connectivity index (χ3n) is 11.2. The molecule has 1 unspecified atom stereocenters. The average Bonchev–Trinajstić information content (AvgIpc) is 3.87. The molecule has 244 valence electrons. The summed E-state index contributed by atoms with van der Waals surface area (Å²) in [4.78, 5) is 1.74.